The molecule has 5 nitrogen and oxygen atoms in total. The van der Waals surface area contributed by atoms with Crippen molar-refractivity contribution in [3.8, 4) is 11.5 Å². The van der Waals surface area contributed by atoms with Crippen molar-refractivity contribution in [1.82, 2.24) is 4.90 Å². The van der Waals surface area contributed by atoms with E-state index >= 15 is 0 Å². The van der Waals surface area contributed by atoms with E-state index in [4.69, 9.17) is 14.2 Å². The molecule has 0 N–H and O–H groups in total. The van der Waals surface area contributed by atoms with Gasteiger partial charge in [0.25, 0.3) is 0 Å². The van der Waals surface area contributed by atoms with Gasteiger partial charge in [-0.25, -0.2) is 4.79 Å². The molecular formula is C26H33NO4. The number of carbonyl (C=O) groups is 1. The molecule has 1 heterocycles. The molecule has 31 heavy (non-hydrogen) atoms. The first-order chi connectivity index (χ1) is 14.9. The van der Waals surface area contributed by atoms with Crippen LogP contribution in [0.1, 0.15) is 39.7 Å². The Bertz CT molecular complexity index is 872. The van der Waals surface area contributed by atoms with Crippen LogP contribution in [0, 0.1) is 0 Å². The summed E-state index contributed by atoms with van der Waals surface area (Å²) in [4.78, 5) is 14.5. The van der Waals surface area contributed by atoms with Gasteiger partial charge in [0.1, 0.15) is 29.8 Å². The predicted molar refractivity (Wildman–Crippen MR) is 123 cm³/mol. The maximum atomic E-state index is 12.8. The molecule has 0 unspecified atom stereocenters. The maximum absolute atomic E-state index is 12.8. The van der Waals surface area contributed by atoms with Crippen molar-refractivity contribution in [3.05, 3.63) is 72.3 Å². The number of nitrogens with zero attached hydrogens (tertiary/aromatic N) is 1. The van der Waals surface area contributed by atoms with E-state index in [0.29, 0.717) is 19.6 Å². The van der Waals surface area contributed by atoms with E-state index in [2.05, 4.69) is 13.0 Å². The van der Waals surface area contributed by atoms with Crippen LogP contribution in [-0.2, 0) is 11.2 Å². The second-order valence-electron chi connectivity index (χ2n) is 8.69. The molecule has 0 saturated carbocycles. The lowest BCUT2D eigenvalue weighted by atomic mass is 10.1. The minimum Gasteiger partial charge on any atom is -0.489 e. The van der Waals surface area contributed by atoms with Crippen LogP contribution >= 0.6 is 0 Å². The number of rotatable bonds is 7. The average molecular weight is 424 g/mol. The van der Waals surface area contributed by atoms with Gasteiger partial charge in [0.2, 0.25) is 0 Å². The van der Waals surface area contributed by atoms with Crippen LogP contribution in [0.15, 0.2) is 66.7 Å². The standard InChI is InChI=1S/C26H33NO4/c1-5-20-12-9-10-16-24(20)29-17-11-13-21-18-23(30-22-14-7-6-8-15-22)19-27(21)25(28)31-26(2,3)4/h6-16,21,23H,5,17-19H2,1-4H3/b13-11+/t21-,23+/m1/s1. The van der Waals surface area contributed by atoms with Gasteiger partial charge in [-0.05, 0) is 57.0 Å². The van der Waals surface area contributed by atoms with Crippen molar-refractivity contribution >= 4 is 6.09 Å². The van der Waals surface area contributed by atoms with Gasteiger partial charge in [0.15, 0.2) is 0 Å². The van der Waals surface area contributed by atoms with Crippen LogP contribution in [0.3, 0.4) is 0 Å². The normalized spacial score (nSPS) is 18.9. The second-order valence-corrected chi connectivity index (χ2v) is 8.69. The van der Waals surface area contributed by atoms with Crippen LogP contribution < -0.4 is 9.47 Å². The zero-order chi connectivity index (χ0) is 22.3. The van der Waals surface area contributed by atoms with E-state index < -0.39 is 5.60 Å². The molecule has 0 aliphatic carbocycles. The summed E-state index contributed by atoms with van der Waals surface area (Å²) in [6.45, 7) is 8.68. The molecule has 166 valence electrons. The molecule has 3 rings (SSSR count). The highest BCUT2D eigenvalue weighted by atomic mass is 16.6. The summed E-state index contributed by atoms with van der Waals surface area (Å²) in [6, 6.07) is 17.7. The molecule has 1 saturated heterocycles. The fourth-order valence-electron chi connectivity index (χ4n) is 3.60. The number of carbonyl (C=O) groups excluding carboxylic acids is 1. The van der Waals surface area contributed by atoms with Gasteiger partial charge in [-0.15, -0.1) is 0 Å². The lowest BCUT2D eigenvalue weighted by Gasteiger charge is -2.27. The molecule has 0 bridgehead atoms. The molecule has 0 aromatic heterocycles. The maximum Gasteiger partial charge on any atom is 0.410 e. The fourth-order valence-corrected chi connectivity index (χ4v) is 3.60. The van der Waals surface area contributed by atoms with Crippen molar-refractivity contribution < 1.29 is 19.0 Å². The quantitative estimate of drug-likeness (QED) is 0.541. The van der Waals surface area contributed by atoms with E-state index in [1.165, 1.54) is 5.56 Å². The molecule has 1 aliphatic heterocycles. The summed E-state index contributed by atoms with van der Waals surface area (Å²) < 4.78 is 17.7. The van der Waals surface area contributed by atoms with Gasteiger partial charge < -0.3 is 14.2 Å². The van der Waals surface area contributed by atoms with Crippen LogP contribution in [-0.4, -0.2) is 41.9 Å². The van der Waals surface area contributed by atoms with E-state index in [1.54, 1.807) is 4.90 Å². The number of ether oxygens (including phenoxy) is 3. The average Bonchev–Trinajstić information content (AvgIpc) is 3.13. The smallest absolute Gasteiger partial charge is 0.410 e. The second kappa shape index (κ2) is 10.4. The Morgan fingerprint density at radius 3 is 2.52 bits per heavy atom. The van der Waals surface area contributed by atoms with Crippen molar-refractivity contribution in [2.75, 3.05) is 13.2 Å². The van der Waals surface area contributed by atoms with Crippen molar-refractivity contribution in [1.29, 1.82) is 0 Å². The van der Waals surface area contributed by atoms with Gasteiger partial charge in [-0.2, -0.15) is 0 Å². The minimum absolute atomic E-state index is 0.0914. The molecule has 1 aliphatic rings. The van der Waals surface area contributed by atoms with Crippen LogP contribution in [0.2, 0.25) is 0 Å². The highest BCUT2D eigenvalue weighted by Crippen LogP contribution is 2.26. The van der Waals surface area contributed by atoms with Gasteiger partial charge in [-0.3, -0.25) is 4.90 Å². The molecule has 2 aromatic rings. The van der Waals surface area contributed by atoms with Crippen molar-refractivity contribution in [3.63, 3.8) is 0 Å². The Morgan fingerprint density at radius 1 is 1.10 bits per heavy atom. The molecule has 5 heteroatoms. The fraction of sp³-hybridized carbons (Fsp3) is 0.423. The minimum atomic E-state index is -0.545. The molecule has 2 atom stereocenters. The van der Waals surface area contributed by atoms with E-state index in [9.17, 15) is 4.79 Å². The monoisotopic (exact) mass is 423 g/mol. The van der Waals surface area contributed by atoms with Gasteiger partial charge in [0, 0.05) is 6.42 Å². The number of amides is 1. The van der Waals surface area contributed by atoms with Gasteiger partial charge in [-0.1, -0.05) is 49.4 Å². The lowest BCUT2D eigenvalue weighted by molar-refractivity contribution is 0.0239. The van der Waals surface area contributed by atoms with E-state index in [1.807, 2.05) is 81.5 Å². The lowest BCUT2D eigenvalue weighted by Crippen LogP contribution is -2.39. The summed E-state index contributed by atoms with van der Waals surface area (Å²) in [5.74, 6) is 1.70. The molecule has 0 spiro atoms. The van der Waals surface area contributed by atoms with E-state index in [0.717, 1.165) is 17.9 Å². The summed E-state index contributed by atoms with van der Waals surface area (Å²) in [6.07, 6.45) is 5.21. The van der Waals surface area contributed by atoms with Crippen molar-refractivity contribution in [2.45, 2.75) is 58.3 Å². The summed E-state index contributed by atoms with van der Waals surface area (Å²) in [7, 11) is 0. The molecule has 1 fully saturated rings. The number of benzene rings is 2. The SMILES string of the molecule is CCc1ccccc1OC/C=C/[C@@H]1C[C@H](Oc2ccccc2)CN1C(=O)OC(C)(C)C. The largest absolute Gasteiger partial charge is 0.489 e. The summed E-state index contributed by atoms with van der Waals surface area (Å²) in [5, 5.41) is 0. The zero-order valence-electron chi connectivity index (χ0n) is 18.9. The van der Waals surface area contributed by atoms with Gasteiger partial charge in [0.05, 0.1) is 12.6 Å². The topological polar surface area (TPSA) is 48.0 Å². The third kappa shape index (κ3) is 6.78. The Balaban J connectivity index is 1.65. The molecule has 1 amide bonds. The number of hydrogen-bond acceptors (Lipinski definition) is 4. The predicted octanol–water partition coefficient (Wildman–Crippen LogP) is 5.64. The van der Waals surface area contributed by atoms with E-state index in [-0.39, 0.29) is 18.2 Å². The van der Waals surface area contributed by atoms with Crippen LogP contribution in [0.4, 0.5) is 4.79 Å². The van der Waals surface area contributed by atoms with Gasteiger partial charge >= 0.3 is 6.09 Å². The number of hydrogen-bond donors (Lipinski definition) is 0. The van der Waals surface area contributed by atoms with Crippen LogP contribution in [0.25, 0.3) is 0 Å². The highest BCUT2D eigenvalue weighted by molar-refractivity contribution is 5.69. The first-order valence-corrected chi connectivity index (χ1v) is 10.9. The van der Waals surface area contributed by atoms with Crippen LogP contribution in [0.5, 0.6) is 11.5 Å². The highest BCUT2D eigenvalue weighted by Gasteiger charge is 2.37. The molecule has 2 aromatic carbocycles. The summed E-state index contributed by atoms with van der Waals surface area (Å²) in [5.41, 5.74) is 0.639. The molecule has 0 radical (unpaired) electrons. The third-order valence-electron chi connectivity index (χ3n) is 5.03. The number of aryl methyl sites for hydroxylation is 1. The Kier molecular flexibility index (Phi) is 7.61. The third-order valence-corrected chi connectivity index (χ3v) is 5.03. The molecular weight excluding hydrogens is 390 g/mol. The summed E-state index contributed by atoms with van der Waals surface area (Å²) >= 11 is 0. The zero-order valence-corrected chi connectivity index (χ0v) is 18.9. The first-order valence-electron chi connectivity index (χ1n) is 10.9. The Hall–Kier alpha value is -2.95. The first kappa shape index (κ1) is 22.7. The van der Waals surface area contributed by atoms with Crippen molar-refractivity contribution in [2.24, 2.45) is 0 Å². The number of para-hydroxylation sites is 2. The Labute approximate surface area is 185 Å². The Morgan fingerprint density at radius 2 is 1.81 bits per heavy atom. The number of likely N-dealkylation sites (tertiary alicyclic amines) is 1.